The number of aromatic nitrogens is 2. The predicted molar refractivity (Wildman–Crippen MR) is 70.7 cm³/mol. The van der Waals surface area contributed by atoms with Crippen molar-refractivity contribution in [3.8, 4) is 21.5 Å². The molecule has 0 N–H and O–H groups in total. The van der Waals surface area contributed by atoms with E-state index >= 15 is 0 Å². The summed E-state index contributed by atoms with van der Waals surface area (Å²) in [6.45, 7) is 0. The molecule has 3 heterocycles. The molecular weight excluding hydrogens is 372 g/mol. The second-order valence-corrected chi connectivity index (χ2v) is 5.66. The average molecular weight is 376 g/mol. The summed E-state index contributed by atoms with van der Waals surface area (Å²) in [5.74, 6) is 1.37. The summed E-state index contributed by atoms with van der Waals surface area (Å²) >= 11 is 7.91. The van der Waals surface area contributed by atoms with E-state index in [1.54, 1.807) is 0 Å². The minimum absolute atomic E-state index is 0.671. The molecule has 3 aromatic rings. The fourth-order valence-corrected chi connectivity index (χ4v) is 2.66. The molecule has 3 aromatic heterocycles. The third-order valence-electron chi connectivity index (χ3n) is 1.99. The third kappa shape index (κ3) is 2.22. The molecule has 7 heteroatoms. The van der Waals surface area contributed by atoms with Gasteiger partial charge in [0.25, 0.3) is 0 Å². The van der Waals surface area contributed by atoms with Gasteiger partial charge < -0.3 is 8.83 Å². The van der Waals surface area contributed by atoms with E-state index in [0.29, 0.717) is 20.9 Å². The zero-order chi connectivity index (χ0) is 11.8. The molecule has 0 saturated carbocycles. The van der Waals surface area contributed by atoms with Crippen LogP contribution in [0.1, 0.15) is 0 Å². The molecule has 0 unspecified atom stereocenters. The Morgan fingerprint density at radius 2 is 1.29 bits per heavy atom. The van der Waals surface area contributed by atoms with Crippen molar-refractivity contribution in [1.82, 2.24) is 10.2 Å². The van der Waals surface area contributed by atoms with Crippen molar-refractivity contribution in [3.63, 3.8) is 0 Å². The van der Waals surface area contributed by atoms with E-state index in [-0.39, 0.29) is 0 Å². The van der Waals surface area contributed by atoms with Crippen molar-refractivity contribution in [2.75, 3.05) is 0 Å². The lowest BCUT2D eigenvalue weighted by Gasteiger charge is -1.86. The Bertz CT molecular complexity index is 604. The van der Waals surface area contributed by atoms with E-state index in [1.807, 2.05) is 24.3 Å². The molecule has 0 bridgehead atoms. The van der Waals surface area contributed by atoms with Gasteiger partial charge in [-0.15, -0.1) is 10.2 Å². The maximum atomic E-state index is 5.41. The van der Waals surface area contributed by atoms with Gasteiger partial charge >= 0.3 is 0 Å². The fraction of sp³-hybridized carbons (Fsp3) is 0. The standard InChI is InChI=1S/C10H4Br2N2O2S/c11-7-3-1-5(15-7)9-13-14-10(17-9)6-2-4-8(12)16-6/h1-4H. The first-order chi connectivity index (χ1) is 8.22. The number of furan rings is 2. The molecule has 86 valence electrons. The van der Waals surface area contributed by atoms with Gasteiger partial charge in [-0.3, -0.25) is 0 Å². The molecule has 0 radical (unpaired) electrons. The van der Waals surface area contributed by atoms with Crippen LogP contribution >= 0.6 is 43.2 Å². The van der Waals surface area contributed by atoms with Crippen LogP contribution in [0.4, 0.5) is 0 Å². The third-order valence-corrected chi connectivity index (χ3v) is 3.80. The Balaban J connectivity index is 1.98. The van der Waals surface area contributed by atoms with E-state index < -0.39 is 0 Å². The van der Waals surface area contributed by atoms with Crippen molar-refractivity contribution in [1.29, 1.82) is 0 Å². The molecule has 0 aliphatic heterocycles. The summed E-state index contributed by atoms with van der Waals surface area (Å²) < 4.78 is 12.2. The molecule has 4 nitrogen and oxygen atoms in total. The summed E-state index contributed by atoms with van der Waals surface area (Å²) in [6, 6.07) is 7.32. The first-order valence-corrected chi connectivity index (χ1v) is 6.97. The minimum Gasteiger partial charge on any atom is -0.447 e. The lowest BCUT2D eigenvalue weighted by Crippen LogP contribution is -1.72. The second kappa shape index (κ2) is 4.40. The van der Waals surface area contributed by atoms with Gasteiger partial charge in [0.15, 0.2) is 30.9 Å². The highest BCUT2D eigenvalue weighted by atomic mass is 79.9. The summed E-state index contributed by atoms with van der Waals surface area (Å²) in [5, 5.41) is 9.57. The number of rotatable bonds is 2. The lowest BCUT2D eigenvalue weighted by atomic mass is 10.5. The first-order valence-electron chi connectivity index (χ1n) is 4.57. The molecule has 0 saturated heterocycles. The van der Waals surface area contributed by atoms with Crippen LogP contribution in [0, 0.1) is 0 Å². The van der Waals surface area contributed by atoms with E-state index in [1.165, 1.54) is 11.3 Å². The highest BCUT2D eigenvalue weighted by Gasteiger charge is 2.13. The van der Waals surface area contributed by atoms with Gasteiger partial charge in [0.1, 0.15) is 0 Å². The molecule has 0 aromatic carbocycles. The molecule has 0 spiro atoms. The molecule has 0 aliphatic carbocycles. The number of hydrogen-bond acceptors (Lipinski definition) is 5. The molecule has 0 amide bonds. The molecule has 0 fully saturated rings. The second-order valence-electron chi connectivity index (χ2n) is 3.12. The molecule has 0 atom stereocenters. The minimum atomic E-state index is 0.671. The quantitative estimate of drug-likeness (QED) is 0.657. The van der Waals surface area contributed by atoms with Crippen molar-refractivity contribution in [2.24, 2.45) is 0 Å². The van der Waals surface area contributed by atoms with E-state index in [2.05, 4.69) is 42.1 Å². The highest BCUT2D eigenvalue weighted by Crippen LogP contribution is 2.33. The van der Waals surface area contributed by atoms with Crippen LogP contribution in [0.25, 0.3) is 21.5 Å². The smallest absolute Gasteiger partial charge is 0.183 e. The SMILES string of the molecule is Brc1ccc(-c2nnc(-c3ccc(Br)o3)s2)o1. The Kier molecular flexibility index (Phi) is 2.89. The van der Waals surface area contributed by atoms with E-state index in [4.69, 9.17) is 8.83 Å². The zero-order valence-electron chi connectivity index (χ0n) is 8.18. The van der Waals surface area contributed by atoms with Crippen LogP contribution in [0.2, 0.25) is 0 Å². The van der Waals surface area contributed by atoms with Gasteiger partial charge in [0.2, 0.25) is 0 Å². The molecule has 3 rings (SSSR count). The first kappa shape index (κ1) is 11.2. The van der Waals surface area contributed by atoms with Crippen molar-refractivity contribution < 1.29 is 8.83 Å². The fourth-order valence-electron chi connectivity index (χ4n) is 1.28. The summed E-state index contributed by atoms with van der Waals surface area (Å²) in [5.41, 5.74) is 0. The van der Waals surface area contributed by atoms with E-state index in [9.17, 15) is 0 Å². The topological polar surface area (TPSA) is 52.1 Å². The summed E-state index contributed by atoms with van der Waals surface area (Å²) in [7, 11) is 0. The van der Waals surface area contributed by atoms with Gasteiger partial charge in [-0.2, -0.15) is 0 Å². The van der Waals surface area contributed by atoms with Gasteiger partial charge in [-0.25, -0.2) is 0 Å². The van der Waals surface area contributed by atoms with E-state index in [0.717, 1.165) is 10.0 Å². The maximum absolute atomic E-state index is 5.41. The van der Waals surface area contributed by atoms with Crippen LogP contribution in [-0.2, 0) is 0 Å². The van der Waals surface area contributed by atoms with Crippen LogP contribution < -0.4 is 0 Å². The van der Waals surface area contributed by atoms with Crippen LogP contribution in [0.3, 0.4) is 0 Å². The predicted octanol–water partition coefficient (Wildman–Crippen LogP) is 4.58. The van der Waals surface area contributed by atoms with Gasteiger partial charge in [-0.05, 0) is 56.1 Å². The normalized spacial score (nSPS) is 10.9. The van der Waals surface area contributed by atoms with Crippen LogP contribution in [-0.4, -0.2) is 10.2 Å². The summed E-state index contributed by atoms with van der Waals surface area (Å²) in [6.07, 6.45) is 0. The molecular formula is C10H4Br2N2O2S. The van der Waals surface area contributed by atoms with Gasteiger partial charge in [0, 0.05) is 0 Å². The molecule has 0 aliphatic rings. The van der Waals surface area contributed by atoms with Gasteiger partial charge in [-0.1, -0.05) is 11.3 Å². The maximum Gasteiger partial charge on any atom is 0.183 e. The number of halogens is 2. The zero-order valence-corrected chi connectivity index (χ0v) is 12.2. The monoisotopic (exact) mass is 374 g/mol. The Morgan fingerprint density at radius 1 is 0.824 bits per heavy atom. The number of nitrogens with zero attached hydrogens (tertiary/aromatic N) is 2. The largest absolute Gasteiger partial charge is 0.447 e. The average Bonchev–Trinajstić information content (AvgIpc) is 2.96. The van der Waals surface area contributed by atoms with Crippen LogP contribution in [0.15, 0.2) is 42.4 Å². The lowest BCUT2D eigenvalue weighted by molar-refractivity contribution is 0.553. The van der Waals surface area contributed by atoms with Crippen molar-refractivity contribution in [3.05, 3.63) is 33.6 Å². The van der Waals surface area contributed by atoms with Crippen LogP contribution in [0.5, 0.6) is 0 Å². The van der Waals surface area contributed by atoms with Crippen molar-refractivity contribution in [2.45, 2.75) is 0 Å². The highest BCUT2D eigenvalue weighted by molar-refractivity contribution is 9.10. The number of hydrogen-bond donors (Lipinski definition) is 0. The Morgan fingerprint density at radius 3 is 1.65 bits per heavy atom. The Hall–Kier alpha value is -0.920. The molecule has 17 heavy (non-hydrogen) atoms. The summed E-state index contributed by atoms with van der Waals surface area (Å²) in [4.78, 5) is 0. The van der Waals surface area contributed by atoms with Crippen molar-refractivity contribution >= 4 is 43.2 Å². The Labute approximate surface area is 117 Å². The van der Waals surface area contributed by atoms with Gasteiger partial charge in [0.05, 0.1) is 0 Å².